The fourth-order valence-corrected chi connectivity index (χ4v) is 3.56. The van der Waals surface area contributed by atoms with Crippen molar-refractivity contribution in [2.75, 3.05) is 30.5 Å². The van der Waals surface area contributed by atoms with Gasteiger partial charge < -0.3 is 9.64 Å². The van der Waals surface area contributed by atoms with Crippen LogP contribution in [-0.2, 0) is 11.3 Å². The summed E-state index contributed by atoms with van der Waals surface area (Å²) in [5, 5.41) is 25.0. The van der Waals surface area contributed by atoms with Crippen LogP contribution < -0.4 is 10.3 Å². The molecule has 0 atom stereocenters. The van der Waals surface area contributed by atoms with Crippen LogP contribution in [0.1, 0.15) is 41.6 Å². The number of ether oxygens (including phenoxy) is 1. The number of nitriles is 1. The summed E-state index contributed by atoms with van der Waals surface area (Å²) in [6.45, 7) is 3.92. The molecule has 2 heterocycles. The largest absolute Gasteiger partial charge is 0.380 e. The van der Waals surface area contributed by atoms with Gasteiger partial charge in [0, 0.05) is 54.8 Å². The predicted molar refractivity (Wildman–Crippen MR) is 115 cm³/mol. The molecule has 1 aliphatic rings. The van der Waals surface area contributed by atoms with E-state index in [1.807, 2.05) is 6.92 Å². The quantitative estimate of drug-likeness (QED) is 0.421. The number of piperidine rings is 1. The van der Waals surface area contributed by atoms with Gasteiger partial charge in [-0.05, 0) is 38.3 Å². The third-order valence-corrected chi connectivity index (χ3v) is 4.93. The number of nitrogens with one attached hydrogen (secondary N) is 1. The second-order valence-electron chi connectivity index (χ2n) is 7.11. The van der Waals surface area contributed by atoms with Crippen LogP contribution in [0.25, 0.3) is 0 Å². The van der Waals surface area contributed by atoms with Crippen LogP contribution in [0.15, 0.2) is 29.4 Å². The molecule has 0 bridgehead atoms. The second-order valence-corrected chi connectivity index (χ2v) is 7.11. The number of benzene rings is 1. The number of aromatic nitrogens is 1. The first-order valence-corrected chi connectivity index (χ1v) is 9.75. The van der Waals surface area contributed by atoms with E-state index in [0.717, 1.165) is 42.9 Å². The molecule has 0 unspecified atom stereocenters. The summed E-state index contributed by atoms with van der Waals surface area (Å²) in [7, 11) is 1.56. The normalized spacial score (nSPS) is 14.0. The van der Waals surface area contributed by atoms with E-state index in [1.54, 1.807) is 19.2 Å². The van der Waals surface area contributed by atoms with Crippen molar-refractivity contribution in [3.8, 4) is 6.07 Å². The summed E-state index contributed by atoms with van der Waals surface area (Å²) in [6.07, 6.45) is 4.91. The van der Waals surface area contributed by atoms with Crippen LogP contribution >= 0.6 is 0 Å². The molecular formula is C21H24N6O3. The van der Waals surface area contributed by atoms with Crippen LogP contribution in [0.2, 0.25) is 0 Å². The molecule has 156 valence electrons. The number of anilines is 2. The van der Waals surface area contributed by atoms with Gasteiger partial charge in [-0.3, -0.25) is 15.5 Å². The molecule has 3 rings (SSSR count). The summed E-state index contributed by atoms with van der Waals surface area (Å²) in [5.74, 6) is 0.325. The van der Waals surface area contributed by atoms with E-state index in [1.165, 1.54) is 24.8 Å². The van der Waals surface area contributed by atoms with Gasteiger partial charge in [0.25, 0.3) is 5.69 Å². The summed E-state index contributed by atoms with van der Waals surface area (Å²) < 4.78 is 5.16. The monoisotopic (exact) mass is 408 g/mol. The number of nitrogens with zero attached hydrogens (tertiary/aromatic N) is 5. The van der Waals surface area contributed by atoms with Gasteiger partial charge in [-0.2, -0.15) is 10.4 Å². The van der Waals surface area contributed by atoms with Gasteiger partial charge in [0.1, 0.15) is 11.6 Å². The number of methoxy groups -OCH3 is 1. The highest BCUT2D eigenvalue weighted by Gasteiger charge is 2.17. The highest BCUT2D eigenvalue weighted by Crippen LogP contribution is 2.27. The summed E-state index contributed by atoms with van der Waals surface area (Å²) >= 11 is 0. The fourth-order valence-electron chi connectivity index (χ4n) is 3.56. The van der Waals surface area contributed by atoms with E-state index < -0.39 is 4.92 Å². The van der Waals surface area contributed by atoms with Crippen LogP contribution in [0.4, 0.5) is 17.2 Å². The van der Waals surface area contributed by atoms with Crippen LogP contribution in [0, 0.1) is 28.4 Å². The van der Waals surface area contributed by atoms with Crippen molar-refractivity contribution in [2.24, 2.45) is 5.10 Å². The molecule has 0 aliphatic carbocycles. The Morgan fingerprint density at radius 3 is 2.80 bits per heavy atom. The first-order chi connectivity index (χ1) is 14.5. The minimum absolute atomic E-state index is 0.00554. The van der Waals surface area contributed by atoms with Crippen LogP contribution in [0.5, 0.6) is 0 Å². The zero-order valence-corrected chi connectivity index (χ0v) is 17.1. The lowest BCUT2D eigenvalue weighted by Gasteiger charge is -2.29. The number of non-ortho nitro benzene ring substituents is 1. The third kappa shape index (κ3) is 4.90. The highest BCUT2D eigenvalue weighted by molar-refractivity contribution is 5.89. The molecule has 1 fully saturated rings. The van der Waals surface area contributed by atoms with Gasteiger partial charge in [-0.25, -0.2) is 4.98 Å². The molecule has 2 aromatic rings. The average molecular weight is 408 g/mol. The number of rotatable bonds is 7. The summed E-state index contributed by atoms with van der Waals surface area (Å²) in [5.41, 5.74) is 6.17. The maximum absolute atomic E-state index is 11.2. The lowest BCUT2D eigenvalue weighted by molar-refractivity contribution is -0.384. The zero-order valence-electron chi connectivity index (χ0n) is 17.1. The zero-order chi connectivity index (χ0) is 21.5. The Bertz CT molecular complexity index is 993. The average Bonchev–Trinajstić information content (AvgIpc) is 2.74. The number of pyridine rings is 1. The molecule has 0 saturated carbocycles. The Morgan fingerprint density at radius 1 is 1.37 bits per heavy atom. The molecule has 1 saturated heterocycles. The number of nitro groups is 1. The van der Waals surface area contributed by atoms with Gasteiger partial charge in [0.05, 0.1) is 17.7 Å². The van der Waals surface area contributed by atoms with Gasteiger partial charge in [-0.1, -0.05) is 0 Å². The van der Waals surface area contributed by atoms with Crippen molar-refractivity contribution in [1.82, 2.24) is 4.98 Å². The number of nitro benzene ring substituents is 1. The Morgan fingerprint density at radius 2 is 2.13 bits per heavy atom. The second kappa shape index (κ2) is 9.80. The molecular weight excluding hydrogens is 384 g/mol. The minimum atomic E-state index is -0.419. The van der Waals surface area contributed by atoms with E-state index in [2.05, 4.69) is 26.5 Å². The number of hydrogen-bond donors (Lipinski definition) is 1. The number of aryl methyl sites for hydroxylation is 1. The number of hydrogen-bond acceptors (Lipinski definition) is 8. The fraction of sp³-hybridized carbons (Fsp3) is 0.381. The standard InChI is InChI=1S/C21H24N6O3/c1-15-10-17(14-30-2)19(12-22)21(24-15)25-23-13-16-11-18(27(28)29)6-7-20(16)26-8-4-3-5-9-26/h6-7,10-11,13H,3-5,8-9,14H2,1-2H3,(H,24,25). The molecule has 1 aliphatic heterocycles. The molecule has 9 nitrogen and oxygen atoms in total. The summed E-state index contributed by atoms with van der Waals surface area (Å²) in [4.78, 5) is 17.4. The lowest BCUT2D eigenvalue weighted by atomic mass is 10.1. The predicted octanol–water partition coefficient (Wildman–Crippen LogP) is 3.75. The van der Waals surface area contributed by atoms with E-state index in [0.29, 0.717) is 16.9 Å². The Kier molecular flexibility index (Phi) is 6.93. The van der Waals surface area contributed by atoms with Gasteiger partial charge in [-0.15, -0.1) is 0 Å². The lowest BCUT2D eigenvalue weighted by Crippen LogP contribution is -2.30. The Hall–Kier alpha value is -3.51. The molecule has 1 aromatic heterocycles. The van der Waals surface area contributed by atoms with Crippen molar-refractivity contribution in [3.05, 3.63) is 56.8 Å². The maximum Gasteiger partial charge on any atom is 0.270 e. The third-order valence-electron chi connectivity index (χ3n) is 4.93. The summed E-state index contributed by atoms with van der Waals surface area (Å²) in [6, 6.07) is 8.73. The minimum Gasteiger partial charge on any atom is -0.380 e. The molecule has 0 amide bonds. The van der Waals surface area contributed by atoms with Gasteiger partial charge >= 0.3 is 0 Å². The Balaban J connectivity index is 1.91. The van der Waals surface area contributed by atoms with Crippen LogP contribution in [0.3, 0.4) is 0 Å². The first-order valence-electron chi connectivity index (χ1n) is 9.75. The molecule has 1 aromatic carbocycles. The van der Waals surface area contributed by atoms with Crippen molar-refractivity contribution in [3.63, 3.8) is 0 Å². The SMILES string of the molecule is COCc1cc(C)nc(NN=Cc2cc([N+](=O)[O-])ccc2N2CCCCC2)c1C#N. The molecule has 0 spiro atoms. The molecule has 9 heteroatoms. The van der Waals surface area contributed by atoms with E-state index in [4.69, 9.17) is 4.74 Å². The number of hydrazone groups is 1. The van der Waals surface area contributed by atoms with E-state index in [-0.39, 0.29) is 12.3 Å². The van der Waals surface area contributed by atoms with Crippen molar-refractivity contribution in [2.45, 2.75) is 32.8 Å². The highest BCUT2D eigenvalue weighted by atomic mass is 16.6. The molecule has 1 N–H and O–H groups in total. The van der Waals surface area contributed by atoms with Crippen LogP contribution in [-0.4, -0.2) is 36.3 Å². The molecule has 0 radical (unpaired) electrons. The maximum atomic E-state index is 11.2. The smallest absolute Gasteiger partial charge is 0.270 e. The van der Waals surface area contributed by atoms with Gasteiger partial charge in [0.2, 0.25) is 0 Å². The van der Waals surface area contributed by atoms with Crippen molar-refractivity contribution in [1.29, 1.82) is 5.26 Å². The Labute approximate surface area is 175 Å². The van der Waals surface area contributed by atoms with Crippen molar-refractivity contribution >= 4 is 23.4 Å². The molecule has 30 heavy (non-hydrogen) atoms. The van der Waals surface area contributed by atoms with E-state index in [9.17, 15) is 15.4 Å². The van der Waals surface area contributed by atoms with Gasteiger partial charge in [0.15, 0.2) is 5.82 Å². The van der Waals surface area contributed by atoms with Crippen molar-refractivity contribution < 1.29 is 9.66 Å². The topological polar surface area (TPSA) is 117 Å². The first kappa shape index (κ1) is 21.2. The van der Waals surface area contributed by atoms with E-state index >= 15 is 0 Å².